The SMILES string of the molecule is CCCCCCCCCCCCCCCCCCCCCC/C=C/C(O)C(CO)NC(=O)CCCCCCCCCCCCCCCCCCCCCCCOC(=O)CCCCCCCCCCCCC. The summed E-state index contributed by atoms with van der Waals surface area (Å²) in [5.74, 6) is -0.0527. The fraction of sp³-hybridized carbons (Fsp3) is 0.938. The molecule has 3 N–H and O–H groups in total. The van der Waals surface area contributed by atoms with Crippen molar-refractivity contribution in [1.29, 1.82) is 0 Å². The van der Waals surface area contributed by atoms with Crippen molar-refractivity contribution in [1.82, 2.24) is 5.32 Å². The Hall–Kier alpha value is -1.40. The first-order chi connectivity index (χ1) is 35.0. The first kappa shape index (κ1) is 69.6. The molecule has 6 heteroatoms. The Morgan fingerprint density at radius 2 is 0.648 bits per heavy atom. The second-order valence-corrected chi connectivity index (χ2v) is 22.5. The molecule has 0 heterocycles. The van der Waals surface area contributed by atoms with Gasteiger partial charge < -0.3 is 20.3 Å². The Kier molecular flexibility index (Phi) is 59.9. The number of aliphatic hydroxyl groups excluding tert-OH is 2. The largest absolute Gasteiger partial charge is 0.466 e. The Balaban J connectivity index is 3.42. The molecule has 0 aromatic rings. The summed E-state index contributed by atoms with van der Waals surface area (Å²) in [4.78, 5) is 24.5. The Morgan fingerprint density at radius 3 is 0.958 bits per heavy atom. The number of nitrogens with one attached hydrogen (secondary N) is 1. The van der Waals surface area contributed by atoms with Crippen molar-refractivity contribution in [2.24, 2.45) is 0 Å². The molecular weight excluding hydrogens is 875 g/mol. The molecule has 0 aliphatic heterocycles. The van der Waals surface area contributed by atoms with E-state index in [-0.39, 0.29) is 18.5 Å². The molecule has 0 saturated carbocycles. The lowest BCUT2D eigenvalue weighted by atomic mass is 10.0. The standard InChI is InChI=1S/C65H127NO5/c1-3-5-7-9-11-13-15-16-17-18-19-20-22-25-28-31-34-38-41-45-49-53-57-63(68)62(61-67)66-64(69)58-54-50-46-42-39-35-32-29-26-23-21-24-27-30-33-36-40-44-48-52-56-60-71-65(70)59-55-51-47-43-37-14-12-10-8-6-4-2/h53,57,62-63,67-68H,3-52,54-56,58-61H2,1-2H3,(H,66,69)/b57-53+. The van der Waals surface area contributed by atoms with E-state index in [2.05, 4.69) is 19.2 Å². The van der Waals surface area contributed by atoms with Crippen LogP contribution in [0.3, 0.4) is 0 Å². The van der Waals surface area contributed by atoms with Gasteiger partial charge in [0, 0.05) is 12.8 Å². The number of aliphatic hydroxyl groups is 2. The van der Waals surface area contributed by atoms with Crippen LogP contribution in [0.25, 0.3) is 0 Å². The van der Waals surface area contributed by atoms with Crippen LogP contribution in [0.4, 0.5) is 0 Å². The highest BCUT2D eigenvalue weighted by Crippen LogP contribution is 2.18. The quantitative estimate of drug-likeness (QED) is 0.0320. The highest BCUT2D eigenvalue weighted by molar-refractivity contribution is 5.76. The highest BCUT2D eigenvalue weighted by Gasteiger charge is 2.18. The molecule has 6 nitrogen and oxygen atoms in total. The molecule has 422 valence electrons. The van der Waals surface area contributed by atoms with Crippen LogP contribution in [0.5, 0.6) is 0 Å². The summed E-state index contributed by atoms with van der Waals surface area (Å²) in [5, 5.41) is 23.2. The second-order valence-electron chi connectivity index (χ2n) is 22.5. The zero-order chi connectivity index (χ0) is 51.4. The van der Waals surface area contributed by atoms with Gasteiger partial charge in [-0.2, -0.15) is 0 Å². The average molecular weight is 1000 g/mol. The molecule has 0 aromatic carbocycles. The third-order valence-corrected chi connectivity index (χ3v) is 15.3. The van der Waals surface area contributed by atoms with Crippen molar-refractivity contribution < 1.29 is 24.5 Å². The molecule has 1 amide bonds. The first-order valence-corrected chi connectivity index (χ1v) is 32.5. The molecule has 71 heavy (non-hydrogen) atoms. The Bertz CT molecular complexity index is 1060. The number of unbranched alkanes of at least 4 members (excludes halogenated alkanes) is 50. The van der Waals surface area contributed by atoms with Gasteiger partial charge >= 0.3 is 5.97 Å². The number of allylic oxidation sites excluding steroid dienone is 1. The fourth-order valence-corrected chi connectivity index (χ4v) is 10.3. The number of hydrogen-bond acceptors (Lipinski definition) is 5. The highest BCUT2D eigenvalue weighted by atomic mass is 16.5. The lowest BCUT2D eigenvalue weighted by molar-refractivity contribution is -0.143. The van der Waals surface area contributed by atoms with Gasteiger partial charge in [0.1, 0.15) is 0 Å². The average Bonchev–Trinajstić information content (AvgIpc) is 3.37. The van der Waals surface area contributed by atoms with E-state index < -0.39 is 12.1 Å². The maximum Gasteiger partial charge on any atom is 0.305 e. The molecule has 0 bridgehead atoms. The van der Waals surface area contributed by atoms with E-state index in [4.69, 9.17) is 4.74 Å². The van der Waals surface area contributed by atoms with Crippen LogP contribution in [0, 0.1) is 0 Å². The van der Waals surface area contributed by atoms with E-state index in [9.17, 15) is 19.8 Å². The molecule has 0 aliphatic carbocycles. The van der Waals surface area contributed by atoms with E-state index in [1.54, 1.807) is 6.08 Å². The summed E-state index contributed by atoms with van der Waals surface area (Å²) in [6.45, 7) is 4.93. The number of amides is 1. The number of carbonyl (C=O) groups excluding carboxylic acids is 2. The number of esters is 1. The minimum absolute atomic E-state index is 0.0119. The Labute approximate surface area is 444 Å². The topological polar surface area (TPSA) is 95.9 Å². The number of rotatable bonds is 61. The molecule has 0 saturated heterocycles. The van der Waals surface area contributed by atoms with Crippen LogP contribution in [-0.2, 0) is 14.3 Å². The van der Waals surface area contributed by atoms with E-state index in [1.807, 2.05) is 6.08 Å². The van der Waals surface area contributed by atoms with Crippen LogP contribution in [0.1, 0.15) is 367 Å². The summed E-state index contributed by atoms with van der Waals surface area (Å²) in [6, 6.07) is -0.629. The lowest BCUT2D eigenvalue weighted by Crippen LogP contribution is -2.45. The fourth-order valence-electron chi connectivity index (χ4n) is 10.3. The third-order valence-electron chi connectivity index (χ3n) is 15.3. The Morgan fingerprint density at radius 1 is 0.380 bits per heavy atom. The van der Waals surface area contributed by atoms with Gasteiger partial charge in [-0.3, -0.25) is 9.59 Å². The van der Waals surface area contributed by atoms with Crippen molar-refractivity contribution in [2.45, 2.75) is 379 Å². The van der Waals surface area contributed by atoms with Crippen molar-refractivity contribution in [3.63, 3.8) is 0 Å². The van der Waals surface area contributed by atoms with Gasteiger partial charge in [-0.05, 0) is 32.1 Å². The molecule has 0 radical (unpaired) electrons. The zero-order valence-corrected chi connectivity index (χ0v) is 48.2. The van der Waals surface area contributed by atoms with Crippen molar-refractivity contribution in [3.05, 3.63) is 12.2 Å². The molecule has 0 fully saturated rings. The molecule has 0 spiro atoms. The smallest absolute Gasteiger partial charge is 0.305 e. The van der Waals surface area contributed by atoms with Crippen molar-refractivity contribution >= 4 is 11.9 Å². The first-order valence-electron chi connectivity index (χ1n) is 32.5. The predicted octanol–water partition coefficient (Wildman–Crippen LogP) is 20.4. The summed E-state index contributed by atoms with van der Waals surface area (Å²) >= 11 is 0. The molecule has 2 atom stereocenters. The van der Waals surface area contributed by atoms with Crippen LogP contribution < -0.4 is 5.32 Å². The van der Waals surface area contributed by atoms with Gasteiger partial charge in [-0.1, -0.05) is 334 Å². The van der Waals surface area contributed by atoms with E-state index in [0.29, 0.717) is 19.4 Å². The van der Waals surface area contributed by atoms with Crippen molar-refractivity contribution in [3.8, 4) is 0 Å². The predicted molar refractivity (Wildman–Crippen MR) is 310 cm³/mol. The van der Waals surface area contributed by atoms with Gasteiger partial charge in [0.05, 0.1) is 25.4 Å². The normalized spacial score (nSPS) is 12.6. The lowest BCUT2D eigenvalue weighted by Gasteiger charge is -2.20. The van der Waals surface area contributed by atoms with Crippen LogP contribution in [-0.4, -0.2) is 47.4 Å². The third kappa shape index (κ3) is 57.7. The van der Waals surface area contributed by atoms with Gasteiger partial charge in [0.2, 0.25) is 5.91 Å². The van der Waals surface area contributed by atoms with Crippen molar-refractivity contribution in [2.75, 3.05) is 13.2 Å². The number of ether oxygens (including phenoxy) is 1. The van der Waals surface area contributed by atoms with E-state index >= 15 is 0 Å². The summed E-state index contributed by atoms with van der Waals surface area (Å²) in [7, 11) is 0. The van der Waals surface area contributed by atoms with Crippen LogP contribution in [0.15, 0.2) is 12.2 Å². The number of hydrogen-bond donors (Lipinski definition) is 3. The van der Waals surface area contributed by atoms with Crippen LogP contribution >= 0.6 is 0 Å². The van der Waals surface area contributed by atoms with Gasteiger partial charge in [0.25, 0.3) is 0 Å². The molecule has 0 aromatic heterocycles. The summed E-state index contributed by atoms with van der Waals surface area (Å²) in [5.41, 5.74) is 0. The van der Waals surface area contributed by atoms with E-state index in [1.165, 1.54) is 302 Å². The van der Waals surface area contributed by atoms with Gasteiger partial charge in [-0.15, -0.1) is 0 Å². The number of carbonyl (C=O) groups is 2. The summed E-state index contributed by atoms with van der Waals surface area (Å²) in [6.07, 6.45) is 74.0. The molecule has 0 rings (SSSR count). The zero-order valence-electron chi connectivity index (χ0n) is 48.2. The van der Waals surface area contributed by atoms with E-state index in [0.717, 1.165) is 38.5 Å². The summed E-state index contributed by atoms with van der Waals surface area (Å²) < 4.78 is 5.47. The monoisotopic (exact) mass is 1000 g/mol. The minimum atomic E-state index is -0.845. The maximum absolute atomic E-state index is 12.5. The maximum atomic E-state index is 12.5. The minimum Gasteiger partial charge on any atom is -0.466 e. The molecular formula is C65H127NO5. The van der Waals surface area contributed by atoms with Gasteiger partial charge in [0.15, 0.2) is 0 Å². The molecule has 0 aliphatic rings. The van der Waals surface area contributed by atoms with Gasteiger partial charge in [-0.25, -0.2) is 0 Å². The molecule has 2 unspecified atom stereocenters. The van der Waals surface area contributed by atoms with Crippen LogP contribution in [0.2, 0.25) is 0 Å². The second kappa shape index (κ2) is 61.1.